The third kappa shape index (κ3) is 3.72. The molecule has 0 radical (unpaired) electrons. The van der Waals surface area contributed by atoms with Crippen LogP contribution in [-0.2, 0) is 9.09 Å². The van der Waals surface area contributed by atoms with Gasteiger partial charge in [-0.15, -0.1) is 0 Å². The van der Waals surface area contributed by atoms with Crippen LogP contribution < -0.4 is 10.2 Å². The summed E-state index contributed by atoms with van der Waals surface area (Å²) in [4.78, 5) is 1.96. The van der Waals surface area contributed by atoms with E-state index in [1.165, 1.54) is 12.7 Å². The standard InChI is InChI=1S/C19H26NO3P/c1-14(2)15-6-8-16(9-7-15)19(21)24(22,23-5)18-12-10-17(11-13-18)20(3)4/h6-14,19,21H,1-5H3. The normalized spacial score (nSPS) is 15.1. The molecular weight excluding hydrogens is 321 g/mol. The summed E-state index contributed by atoms with van der Waals surface area (Å²) in [5.41, 5.74) is 2.77. The molecule has 0 aliphatic heterocycles. The molecule has 0 saturated heterocycles. The van der Waals surface area contributed by atoms with Crippen LogP contribution in [0, 0.1) is 0 Å². The molecule has 2 atom stereocenters. The highest BCUT2D eigenvalue weighted by Crippen LogP contribution is 2.57. The SMILES string of the molecule is COP(=O)(c1ccc(N(C)C)cc1)C(O)c1ccc(C(C)C)cc1. The molecule has 2 aromatic carbocycles. The molecule has 0 amide bonds. The monoisotopic (exact) mass is 347 g/mol. The maximum atomic E-state index is 13.3. The fourth-order valence-corrected chi connectivity index (χ4v) is 4.38. The largest absolute Gasteiger partial charge is 0.378 e. The van der Waals surface area contributed by atoms with Crippen LogP contribution in [0.4, 0.5) is 5.69 Å². The average Bonchev–Trinajstić information content (AvgIpc) is 2.60. The van der Waals surface area contributed by atoms with E-state index in [0.717, 1.165) is 5.69 Å². The lowest BCUT2D eigenvalue weighted by Gasteiger charge is -2.23. The van der Waals surface area contributed by atoms with Gasteiger partial charge in [-0.3, -0.25) is 4.57 Å². The molecule has 2 aromatic rings. The molecule has 130 valence electrons. The summed E-state index contributed by atoms with van der Waals surface area (Å²) in [6.45, 7) is 4.22. The van der Waals surface area contributed by atoms with Crippen molar-refractivity contribution in [1.29, 1.82) is 0 Å². The zero-order valence-corrected chi connectivity index (χ0v) is 15.8. The summed E-state index contributed by atoms with van der Waals surface area (Å²) >= 11 is 0. The first-order valence-corrected chi connectivity index (χ1v) is 9.70. The molecule has 2 unspecified atom stereocenters. The molecular formula is C19H26NO3P. The lowest BCUT2D eigenvalue weighted by atomic mass is 10.0. The van der Waals surface area contributed by atoms with Crippen molar-refractivity contribution in [3.8, 4) is 0 Å². The lowest BCUT2D eigenvalue weighted by molar-refractivity contribution is 0.229. The second-order valence-corrected chi connectivity index (χ2v) is 8.95. The lowest BCUT2D eigenvalue weighted by Crippen LogP contribution is -2.15. The summed E-state index contributed by atoms with van der Waals surface area (Å²) in [6, 6.07) is 14.8. The highest BCUT2D eigenvalue weighted by Gasteiger charge is 2.35. The Kier molecular flexibility index (Phi) is 5.87. The number of anilines is 1. The molecule has 0 spiro atoms. The van der Waals surface area contributed by atoms with E-state index in [0.29, 0.717) is 16.8 Å². The van der Waals surface area contributed by atoms with Crippen molar-refractivity contribution >= 4 is 18.4 Å². The Balaban J connectivity index is 2.35. The zero-order valence-electron chi connectivity index (χ0n) is 14.9. The van der Waals surface area contributed by atoms with Gasteiger partial charge in [0.25, 0.3) is 7.37 Å². The van der Waals surface area contributed by atoms with Gasteiger partial charge in [-0.1, -0.05) is 38.1 Å². The molecule has 0 fully saturated rings. The van der Waals surface area contributed by atoms with Gasteiger partial charge in [-0.05, 0) is 41.3 Å². The molecule has 0 aliphatic rings. The number of hydrogen-bond acceptors (Lipinski definition) is 4. The van der Waals surface area contributed by atoms with Gasteiger partial charge in [0.1, 0.15) is 0 Å². The number of aliphatic hydroxyl groups is 1. The molecule has 24 heavy (non-hydrogen) atoms. The van der Waals surface area contributed by atoms with E-state index < -0.39 is 13.2 Å². The number of rotatable bonds is 6. The van der Waals surface area contributed by atoms with Gasteiger partial charge < -0.3 is 14.5 Å². The van der Waals surface area contributed by atoms with Crippen molar-refractivity contribution in [3.05, 3.63) is 59.7 Å². The minimum absolute atomic E-state index is 0.406. The molecule has 0 aromatic heterocycles. The van der Waals surface area contributed by atoms with Gasteiger partial charge in [0, 0.05) is 32.2 Å². The first kappa shape index (κ1) is 18.7. The predicted octanol–water partition coefficient (Wildman–Crippen LogP) is 4.12. The Morgan fingerprint density at radius 1 is 0.958 bits per heavy atom. The number of nitrogens with zero attached hydrogens (tertiary/aromatic N) is 1. The maximum absolute atomic E-state index is 13.3. The van der Waals surface area contributed by atoms with Crippen molar-refractivity contribution in [2.75, 3.05) is 26.1 Å². The summed E-state index contributed by atoms with van der Waals surface area (Å²) in [5, 5.41) is 11.2. The second kappa shape index (κ2) is 7.52. The van der Waals surface area contributed by atoms with Gasteiger partial charge in [0.15, 0.2) is 5.85 Å². The zero-order chi connectivity index (χ0) is 17.9. The third-order valence-electron chi connectivity index (χ3n) is 4.22. The summed E-state index contributed by atoms with van der Waals surface area (Å²) in [6.07, 6.45) is 0. The van der Waals surface area contributed by atoms with E-state index >= 15 is 0 Å². The Morgan fingerprint density at radius 3 is 1.88 bits per heavy atom. The average molecular weight is 347 g/mol. The topological polar surface area (TPSA) is 49.8 Å². The van der Waals surface area contributed by atoms with Crippen LogP contribution in [-0.4, -0.2) is 26.3 Å². The molecule has 0 heterocycles. The minimum Gasteiger partial charge on any atom is -0.378 e. The van der Waals surface area contributed by atoms with Crippen molar-refractivity contribution in [3.63, 3.8) is 0 Å². The van der Waals surface area contributed by atoms with Crippen molar-refractivity contribution in [2.45, 2.75) is 25.6 Å². The molecule has 0 saturated carbocycles. The highest BCUT2D eigenvalue weighted by molar-refractivity contribution is 7.67. The smallest absolute Gasteiger partial charge is 0.263 e. The van der Waals surface area contributed by atoms with Crippen LogP contribution in [0.25, 0.3) is 0 Å². The van der Waals surface area contributed by atoms with Gasteiger partial charge >= 0.3 is 0 Å². The van der Waals surface area contributed by atoms with Crippen molar-refractivity contribution < 1.29 is 14.2 Å². The van der Waals surface area contributed by atoms with E-state index in [-0.39, 0.29) is 0 Å². The fourth-order valence-electron chi connectivity index (χ4n) is 2.55. The Labute approximate surface area is 144 Å². The first-order chi connectivity index (χ1) is 11.3. The quantitative estimate of drug-likeness (QED) is 0.799. The van der Waals surface area contributed by atoms with Crippen LogP contribution >= 0.6 is 7.37 Å². The molecule has 0 bridgehead atoms. The molecule has 0 aliphatic carbocycles. The summed E-state index contributed by atoms with van der Waals surface area (Å²) < 4.78 is 18.6. The Morgan fingerprint density at radius 2 is 1.46 bits per heavy atom. The molecule has 2 rings (SSSR count). The van der Waals surface area contributed by atoms with Crippen LogP contribution in [0.5, 0.6) is 0 Å². The minimum atomic E-state index is -3.42. The van der Waals surface area contributed by atoms with Crippen LogP contribution in [0.1, 0.15) is 36.7 Å². The van der Waals surface area contributed by atoms with Crippen LogP contribution in [0.3, 0.4) is 0 Å². The summed E-state index contributed by atoms with van der Waals surface area (Å²) in [7, 11) is 1.84. The number of aliphatic hydroxyl groups excluding tert-OH is 1. The van der Waals surface area contributed by atoms with E-state index in [1.807, 2.05) is 55.4 Å². The van der Waals surface area contributed by atoms with Gasteiger partial charge in [0.05, 0.1) is 0 Å². The third-order valence-corrected chi connectivity index (χ3v) is 6.72. The number of hydrogen-bond donors (Lipinski definition) is 1. The Hall–Kier alpha value is -1.61. The molecule has 1 N–H and O–H groups in total. The second-order valence-electron chi connectivity index (χ2n) is 6.39. The summed E-state index contributed by atoms with van der Waals surface area (Å²) in [5.74, 6) is -0.780. The van der Waals surface area contributed by atoms with Crippen LogP contribution in [0.15, 0.2) is 48.5 Å². The molecule has 5 heteroatoms. The molecule has 4 nitrogen and oxygen atoms in total. The van der Waals surface area contributed by atoms with Crippen molar-refractivity contribution in [1.82, 2.24) is 0 Å². The van der Waals surface area contributed by atoms with Gasteiger partial charge in [-0.25, -0.2) is 0 Å². The van der Waals surface area contributed by atoms with E-state index in [1.54, 1.807) is 12.1 Å². The van der Waals surface area contributed by atoms with Crippen LogP contribution in [0.2, 0.25) is 0 Å². The maximum Gasteiger partial charge on any atom is 0.263 e. The highest BCUT2D eigenvalue weighted by atomic mass is 31.2. The van der Waals surface area contributed by atoms with Gasteiger partial charge in [-0.2, -0.15) is 0 Å². The van der Waals surface area contributed by atoms with Gasteiger partial charge in [0.2, 0.25) is 0 Å². The van der Waals surface area contributed by atoms with E-state index in [9.17, 15) is 9.67 Å². The van der Waals surface area contributed by atoms with E-state index in [2.05, 4.69) is 13.8 Å². The fraction of sp³-hybridized carbons (Fsp3) is 0.368. The number of benzene rings is 2. The Bertz CT molecular complexity index is 708. The van der Waals surface area contributed by atoms with Crippen molar-refractivity contribution in [2.24, 2.45) is 0 Å². The predicted molar refractivity (Wildman–Crippen MR) is 101 cm³/mol. The first-order valence-electron chi connectivity index (χ1n) is 8.01. The van der Waals surface area contributed by atoms with E-state index in [4.69, 9.17) is 4.52 Å².